The molecule has 21 heavy (non-hydrogen) atoms. The first-order valence-electron chi connectivity index (χ1n) is 7.89. The fourth-order valence-corrected chi connectivity index (χ4v) is 3.24. The fourth-order valence-electron chi connectivity index (χ4n) is 3.24. The van der Waals surface area contributed by atoms with Crippen molar-refractivity contribution >= 4 is 11.5 Å². The zero-order chi connectivity index (χ0) is 14.2. The van der Waals surface area contributed by atoms with E-state index < -0.39 is 0 Å². The molecule has 0 bridgehead atoms. The monoisotopic (exact) mass is 286 g/mol. The number of aromatic nitrogens is 2. The van der Waals surface area contributed by atoms with E-state index in [0.29, 0.717) is 0 Å². The molecule has 2 aliphatic rings. The van der Waals surface area contributed by atoms with Gasteiger partial charge in [-0.15, -0.1) is 0 Å². The van der Waals surface area contributed by atoms with Crippen molar-refractivity contribution in [1.29, 1.82) is 0 Å². The highest BCUT2D eigenvalue weighted by atomic mass is 16.3. The van der Waals surface area contributed by atoms with Gasteiger partial charge in [0.05, 0.1) is 12.3 Å². The summed E-state index contributed by atoms with van der Waals surface area (Å²) in [4.78, 5) is 9.61. The number of hydrogen-bond donors (Lipinski definition) is 1. The van der Waals surface area contributed by atoms with Crippen molar-refractivity contribution in [1.82, 2.24) is 14.3 Å². The first kappa shape index (κ1) is 13.1. The first-order valence-corrected chi connectivity index (χ1v) is 7.89. The predicted octanol–water partition coefficient (Wildman–Crippen LogP) is 1.36. The number of piperazine rings is 1. The molecule has 5 heteroatoms. The molecule has 4 rings (SSSR count). The van der Waals surface area contributed by atoms with Crippen LogP contribution >= 0.6 is 0 Å². The van der Waals surface area contributed by atoms with Crippen molar-refractivity contribution in [3.05, 3.63) is 30.1 Å². The maximum absolute atomic E-state index is 9.72. The molecule has 1 N–H and O–H groups in total. The average molecular weight is 286 g/mol. The first-order chi connectivity index (χ1) is 10.3. The van der Waals surface area contributed by atoms with Gasteiger partial charge in [0.1, 0.15) is 5.65 Å². The molecule has 1 saturated carbocycles. The minimum absolute atomic E-state index is 0.0306. The lowest BCUT2D eigenvalue weighted by atomic mass is 10.2. The van der Waals surface area contributed by atoms with Crippen LogP contribution in [0.25, 0.3) is 5.65 Å². The van der Waals surface area contributed by atoms with Gasteiger partial charge in [-0.3, -0.25) is 9.30 Å². The van der Waals surface area contributed by atoms with Crippen LogP contribution in [-0.2, 0) is 6.61 Å². The normalized spacial score (nSPS) is 20.3. The van der Waals surface area contributed by atoms with Crippen LogP contribution < -0.4 is 4.90 Å². The molecule has 2 fully saturated rings. The number of aliphatic hydroxyl groups is 1. The number of hydrogen-bond acceptors (Lipinski definition) is 4. The van der Waals surface area contributed by atoms with Gasteiger partial charge in [-0.05, 0) is 30.9 Å². The number of nitrogens with zero attached hydrogens (tertiary/aromatic N) is 4. The van der Waals surface area contributed by atoms with Crippen LogP contribution in [0.5, 0.6) is 0 Å². The summed E-state index contributed by atoms with van der Waals surface area (Å²) in [5.41, 5.74) is 1.82. The highest BCUT2D eigenvalue weighted by Gasteiger charge is 2.27. The van der Waals surface area contributed by atoms with Crippen molar-refractivity contribution in [3.8, 4) is 0 Å². The van der Waals surface area contributed by atoms with Gasteiger partial charge in [0.2, 0.25) is 0 Å². The Bertz CT molecular complexity index is 626. The summed E-state index contributed by atoms with van der Waals surface area (Å²) in [6, 6.07) is 5.96. The molecule has 3 heterocycles. The summed E-state index contributed by atoms with van der Waals surface area (Å²) in [7, 11) is 0. The lowest BCUT2D eigenvalue weighted by molar-refractivity contribution is 0.246. The van der Waals surface area contributed by atoms with Crippen molar-refractivity contribution < 1.29 is 5.11 Å². The van der Waals surface area contributed by atoms with Crippen molar-refractivity contribution in [3.63, 3.8) is 0 Å². The van der Waals surface area contributed by atoms with E-state index >= 15 is 0 Å². The molecular formula is C16H22N4O. The van der Waals surface area contributed by atoms with E-state index in [1.807, 2.05) is 28.8 Å². The fraction of sp³-hybridized carbons (Fsp3) is 0.562. The highest BCUT2D eigenvalue weighted by molar-refractivity contribution is 5.56. The molecule has 0 radical (unpaired) electrons. The minimum Gasteiger partial charge on any atom is -0.390 e. The third kappa shape index (κ3) is 2.51. The van der Waals surface area contributed by atoms with Crippen LogP contribution in [0.1, 0.15) is 18.5 Å². The molecule has 0 unspecified atom stereocenters. The maximum Gasteiger partial charge on any atom is 0.153 e. The van der Waals surface area contributed by atoms with E-state index in [-0.39, 0.29) is 6.61 Å². The number of rotatable bonds is 4. The molecule has 1 saturated heterocycles. The molecule has 2 aromatic rings. The van der Waals surface area contributed by atoms with E-state index in [9.17, 15) is 5.11 Å². The molecule has 112 valence electrons. The molecule has 1 aliphatic heterocycles. The summed E-state index contributed by atoms with van der Waals surface area (Å²) in [6.07, 6.45) is 4.81. The number of fused-ring (bicyclic) bond motifs is 1. The number of imidazole rings is 1. The van der Waals surface area contributed by atoms with Crippen molar-refractivity contribution in [2.75, 3.05) is 37.6 Å². The van der Waals surface area contributed by atoms with E-state index in [1.165, 1.54) is 19.4 Å². The number of aliphatic hydroxyl groups excluding tert-OH is 1. The van der Waals surface area contributed by atoms with Gasteiger partial charge in [0, 0.05) is 38.9 Å². The lowest BCUT2D eigenvalue weighted by Gasteiger charge is -2.35. The molecule has 0 spiro atoms. The van der Waals surface area contributed by atoms with E-state index in [0.717, 1.165) is 49.3 Å². The molecule has 5 nitrogen and oxygen atoms in total. The van der Waals surface area contributed by atoms with Gasteiger partial charge in [-0.1, -0.05) is 6.07 Å². The third-order valence-corrected chi connectivity index (χ3v) is 4.64. The van der Waals surface area contributed by atoms with Crippen LogP contribution in [-0.4, -0.2) is 52.1 Å². The van der Waals surface area contributed by atoms with Gasteiger partial charge in [-0.2, -0.15) is 0 Å². The Morgan fingerprint density at radius 1 is 1.14 bits per heavy atom. The largest absolute Gasteiger partial charge is 0.390 e. The second kappa shape index (κ2) is 5.31. The quantitative estimate of drug-likeness (QED) is 0.922. The Morgan fingerprint density at radius 2 is 1.95 bits per heavy atom. The highest BCUT2D eigenvalue weighted by Crippen LogP contribution is 2.30. The summed E-state index contributed by atoms with van der Waals surface area (Å²) < 4.78 is 1.99. The van der Waals surface area contributed by atoms with Gasteiger partial charge in [0.15, 0.2) is 5.82 Å². The smallest absolute Gasteiger partial charge is 0.153 e. The SMILES string of the molecule is OCc1c(N2CCN(CC3CC3)CC2)nc2ccccn12. The van der Waals surface area contributed by atoms with E-state index in [1.54, 1.807) is 0 Å². The van der Waals surface area contributed by atoms with E-state index in [4.69, 9.17) is 4.98 Å². The van der Waals surface area contributed by atoms with Gasteiger partial charge >= 0.3 is 0 Å². The Balaban J connectivity index is 1.53. The standard InChI is InChI=1S/C16H22N4O/c21-12-14-16(17-15-3-1-2-6-20(14)15)19-9-7-18(8-10-19)11-13-4-5-13/h1-3,6,13,21H,4-5,7-12H2. The topological polar surface area (TPSA) is 44.0 Å². The maximum atomic E-state index is 9.72. The summed E-state index contributed by atoms with van der Waals surface area (Å²) in [6.45, 7) is 5.52. The zero-order valence-electron chi connectivity index (χ0n) is 12.3. The van der Waals surface area contributed by atoms with Crippen molar-refractivity contribution in [2.24, 2.45) is 5.92 Å². The van der Waals surface area contributed by atoms with Crippen LogP contribution in [0.2, 0.25) is 0 Å². The zero-order valence-corrected chi connectivity index (χ0v) is 12.3. The summed E-state index contributed by atoms with van der Waals surface area (Å²) >= 11 is 0. The third-order valence-electron chi connectivity index (χ3n) is 4.64. The molecule has 0 atom stereocenters. The Labute approximate surface area is 124 Å². The van der Waals surface area contributed by atoms with Crippen LogP contribution in [0.15, 0.2) is 24.4 Å². The predicted molar refractivity (Wildman–Crippen MR) is 82.5 cm³/mol. The Morgan fingerprint density at radius 3 is 2.67 bits per heavy atom. The summed E-state index contributed by atoms with van der Waals surface area (Å²) in [5.74, 6) is 1.91. The van der Waals surface area contributed by atoms with E-state index in [2.05, 4.69) is 9.80 Å². The Hall–Kier alpha value is -1.59. The second-order valence-corrected chi connectivity index (χ2v) is 6.20. The second-order valence-electron chi connectivity index (χ2n) is 6.20. The van der Waals surface area contributed by atoms with Crippen LogP contribution in [0, 0.1) is 5.92 Å². The average Bonchev–Trinajstić information content (AvgIpc) is 3.26. The lowest BCUT2D eigenvalue weighted by Crippen LogP contribution is -2.47. The van der Waals surface area contributed by atoms with Crippen molar-refractivity contribution in [2.45, 2.75) is 19.4 Å². The van der Waals surface area contributed by atoms with Gasteiger partial charge < -0.3 is 10.0 Å². The minimum atomic E-state index is 0.0306. The molecular weight excluding hydrogens is 264 g/mol. The number of pyridine rings is 1. The summed E-state index contributed by atoms with van der Waals surface area (Å²) in [5, 5.41) is 9.72. The van der Waals surface area contributed by atoms with Crippen LogP contribution in [0.4, 0.5) is 5.82 Å². The molecule has 1 aliphatic carbocycles. The Kier molecular flexibility index (Phi) is 3.31. The van der Waals surface area contributed by atoms with Gasteiger partial charge in [0.25, 0.3) is 0 Å². The van der Waals surface area contributed by atoms with Crippen LogP contribution in [0.3, 0.4) is 0 Å². The molecule has 0 aromatic carbocycles. The van der Waals surface area contributed by atoms with Gasteiger partial charge in [-0.25, -0.2) is 4.98 Å². The molecule has 2 aromatic heterocycles. The number of anilines is 1. The molecule has 0 amide bonds.